The second kappa shape index (κ2) is 5.71. The van der Waals surface area contributed by atoms with Crippen LogP contribution in [0, 0.1) is 6.92 Å². The third-order valence-electron chi connectivity index (χ3n) is 2.56. The van der Waals surface area contributed by atoms with Crippen LogP contribution in [0.2, 0.25) is 0 Å². The summed E-state index contributed by atoms with van der Waals surface area (Å²) in [5, 5.41) is 6.43. The number of thiophene rings is 1. The van der Waals surface area contributed by atoms with Gasteiger partial charge in [-0.25, -0.2) is 13.1 Å². The number of aromatic amines is 1. The van der Waals surface area contributed by atoms with E-state index in [-0.39, 0.29) is 18.1 Å². The van der Waals surface area contributed by atoms with Gasteiger partial charge in [0.05, 0.1) is 3.79 Å². The van der Waals surface area contributed by atoms with E-state index in [0.29, 0.717) is 11.3 Å². The first-order valence-corrected chi connectivity index (χ1v) is 8.51. The zero-order valence-corrected chi connectivity index (χ0v) is 13.3. The Labute approximate surface area is 123 Å². The molecule has 0 saturated carbocycles. The van der Waals surface area contributed by atoms with Gasteiger partial charge in [-0.2, -0.15) is 5.10 Å². The highest BCUT2D eigenvalue weighted by Gasteiger charge is 2.22. The Balaban J connectivity index is 2.18. The average Bonchev–Trinajstić information content (AvgIpc) is 2.93. The van der Waals surface area contributed by atoms with Gasteiger partial charge < -0.3 is 5.73 Å². The van der Waals surface area contributed by atoms with Crippen LogP contribution in [0.1, 0.15) is 16.1 Å². The number of aromatic nitrogens is 2. The molecule has 0 aliphatic rings. The summed E-state index contributed by atoms with van der Waals surface area (Å²) >= 11 is 4.81. The molecule has 104 valence electrons. The Bertz CT molecular complexity index is 678. The maximum absolute atomic E-state index is 12.1. The minimum absolute atomic E-state index is 0.0249. The van der Waals surface area contributed by atoms with Crippen molar-refractivity contribution in [3.05, 3.63) is 32.1 Å². The van der Waals surface area contributed by atoms with Gasteiger partial charge in [0.25, 0.3) is 10.0 Å². The smallest absolute Gasteiger partial charge is 0.260 e. The van der Waals surface area contributed by atoms with Crippen LogP contribution in [0.25, 0.3) is 0 Å². The minimum Gasteiger partial charge on any atom is -0.326 e. The maximum Gasteiger partial charge on any atom is 0.260 e. The molecule has 2 heterocycles. The van der Waals surface area contributed by atoms with Crippen molar-refractivity contribution < 1.29 is 8.42 Å². The summed E-state index contributed by atoms with van der Waals surface area (Å²) in [5.74, 6) is 0. The zero-order valence-electron chi connectivity index (χ0n) is 10.1. The largest absolute Gasteiger partial charge is 0.326 e. The molecule has 0 aromatic carbocycles. The van der Waals surface area contributed by atoms with E-state index in [1.165, 1.54) is 11.3 Å². The summed E-state index contributed by atoms with van der Waals surface area (Å²) < 4.78 is 27.8. The fraction of sp³-hybridized carbons (Fsp3) is 0.300. The van der Waals surface area contributed by atoms with Gasteiger partial charge in [0, 0.05) is 29.2 Å². The molecule has 2 rings (SSSR count). The summed E-state index contributed by atoms with van der Waals surface area (Å²) in [6.07, 6.45) is 0. The topological polar surface area (TPSA) is 101 Å². The van der Waals surface area contributed by atoms with Gasteiger partial charge in [-0.1, -0.05) is 0 Å². The summed E-state index contributed by atoms with van der Waals surface area (Å²) in [5.41, 5.74) is 6.73. The van der Waals surface area contributed by atoms with Crippen LogP contribution in [-0.2, 0) is 23.1 Å². The maximum atomic E-state index is 12.1. The van der Waals surface area contributed by atoms with E-state index in [2.05, 4.69) is 30.8 Å². The van der Waals surface area contributed by atoms with E-state index in [9.17, 15) is 8.42 Å². The molecule has 4 N–H and O–H groups in total. The van der Waals surface area contributed by atoms with Crippen molar-refractivity contribution >= 4 is 37.3 Å². The number of nitrogens with two attached hydrogens (primary N) is 1. The quantitative estimate of drug-likeness (QED) is 0.747. The number of aryl methyl sites for hydroxylation is 1. The number of sulfonamides is 1. The molecule has 2 aromatic rings. The van der Waals surface area contributed by atoms with E-state index >= 15 is 0 Å². The van der Waals surface area contributed by atoms with Gasteiger partial charge in [-0.05, 0) is 35.0 Å². The van der Waals surface area contributed by atoms with Gasteiger partial charge in [0.2, 0.25) is 0 Å². The third-order valence-corrected chi connectivity index (χ3v) is 5.55. The van der Waals surface area contributed by atoms with Gasteiger partial charge >= 0.3 is 0 Å². The normalized spacial score (nSPS) is 11.9. The van der Waals surface area contributed by atoms with Crippen molar-refractivity contribution in [3.8, 4) is 0 Å². The first-order chi connectivity index (χ1) is 8.94. The number of hydrogen-bond acceptors (Lipinski definition) is 5. The van der Waals surface area contributed by atoms with Crippen LogP contribution in [-0.4, -0.2) is 18.6 Å². The lowest BCUT2D eigenvalue weighted by atomic mass is 10.3. The number of nitrogens with one attached hydrogen (secondary N) is 2. The van der Waals surface area contributed by atoms with E-state index in [1.54, 1.807) is 6.92 Å². The van der Waals surface area contributed by atoms with Crippen LogP contribution in [0.4, 0.5) is 0 Å². The van der Waals surface area contributed by atoms with E-state index in [1.807, 2.05) is 12.1 Å². The number of hydrogen-bond donors (Lipinski definition) is 3. The molecule has 19 heavy (non-hydrogen) atoms. The lowest BCUT2D eigenvalue weighted by Crippen LogP contribution is -2.24. The van der Waals surface area contributed by atoms with Gasteiger partial charge in [0.1, 0.15) is 0 Å². The second-order valence-corrected chi connectivity index (χ2v) is 8.10. The second-order valence-electron chi connectivity index (χ2n) is 3.87. The zero-order chi connectivity index (χ0) is 14.0. The van der Waals surface area contributed by atoms with Crippen LogP contribution in [0.15, 0.2) is 20.9 Å². The van der Waals surface area contributed by atoms with Crippen molar-refractivity contribution in [1.29, 1.82) is 0 Å². The van der Waals surface area contributed by atoms with Crippen LogP contribution in [0.3, 0.4) is 0 Å². The van der Waals surface area contributed by atoms with Crippen LogP contribution < -0.4 is 10.5 Å². The Morgan fingerprint density at radius 2 is 2.26 bits per heavy atom. The molecule has 0 aliphatic carbocycles. The Kier molecular flexibility index (Phi) is 4.41. The van der Waals surface area contributed by atoms with Crippen molar-refractivity contribution in [2.45, 2.75) is 25.0 Å². The van der Waals surface area contributed by atoms with E-state index in [4.69, 9.17) is 5.73 Å². The standard InChI is InChI=1S/C10H13BrN4O2S2/c1-6-8(4-12)10(15-14-6)19(16,17)13-5-7-2-3-9(11)18-7/h2-3,13H,4-5,12H2,1H3,(H,14,15). The Morgan fingerprint density at radius 3 is 2.84 bits per heavy atom. The number of H-pyrrole nitrogens is 1. The van der Waals surface area contributed by atoms with E-state index < -0.39 is 10.0 Å². The molecule has 2 aromatic heterocycles. The minimum atomic E-state index is -3.65. The first-order valence-electron chi connectivity index (χ1n) is 5.42. The SMILES string of the molecule is Cc1[nH]nc(S(=O)(=O)NCc2ccc(Br)s2)c1CN. The summed E-state index contributed by atoms with van der Waals surface area (Å²) in [6, 6.07) is 3.73. The molecule has 0 atom stereocenters. The molecule has 0 amide bonds. The fourth-order valence-electron chi connectivity index (χ4n) is 1.57. The highest BCUT2D eigenvalue weighted by molar-refractivity contribution is 9.11. The monoisotopic (exact) mass is 364 g/mol. The highest BCUT2D eigenvalue weighted by atomic mass is 79.9. The van der Waals surface area contributed by atoms with Gasteiger partial charge in [0.15, 0.2) is 5.03 Å². The molecular formula is C10H13BrN4O2S2. The van der Waals surface area contributed by atoms with E-state index in [0.717, 1.165) is 8.66 Å². The summed E-state index contributed by atoms with van der Waals surface area (Å²) in [4.78, 5) is 0.914. The number of rotatable bonds is 5. The molecule has 0 fully saturated rings. The van der Waals surface area contributed by atoms with Crippen LogP contribution in [0.5, 0.6) is 0 Å². The fourth-order valence-corrected chi connectivity index (χ4v) is 4.30. The molecule has 9 heteroatoms. The van der Waals surface area contributed by atoms with Gasteiger partial charge in [-0.3, -0.25) is 5.10 Å². The third kappa shape index (κ3) is 3.23. The molecule has 6 nitrogen and oxygen atoms in total. The molecule has 0 unspecified atom stereocenters. The van der Waals surface area contributed by atoms with Gasteiger partial charge in [-0.15, -0.1) is 11.3 Å². The number of halogens is 1. The van der Waals surface area contributed by atoms with Crippen molar-refractivity contribution in [2.75, 3.05) is 0 Å². The summed E-state index contributed by atoms with van der Waals surface area (Å²) in [7, 11) is -3.65. The predicted octanol–water partition coefficient (Wildman–Crippen LogP) is 1.48. The number of nitrogens with zero attached hydrogens (tertiary/aromatic N) is 1. The van der Waals surface area contributed by atoms with Crippen LogP contribution >= 0.6 is 27.3 Å². The molecule has 0 aliphatic heterocycles. The molecule has 0 saturated heterocycles. The van der Waals surface area contributed by atoms with Crippen molar-refractivity contribution in [2.24, 2.45) is 5.73 Å². The molecule has 0 radical (unpaired) electrons. The Hall–Kier alpha value is -0.740. The molecular weight excluding hydrogens is 352 g/mol. The predicted molar refractivity (Wildman–Crippen MR) is 77.3 cm³/mol. The molecule has 0 spiro atoms. The average molecular weight is 365 g/mol. The van der Waals surface area contributed by atoms with Crippen molar-refractivity contribution in [1.82, 2.24) is 14.9 Å². The first kappa shape index (κ1) is 14.7. The highest BCUT2D eigenvalue weighted by Crippen LogP contribution is 2.22. The van der Waals surface area contributed by atoms with Crippen molar-refractivity contribution in [3.63, 3.8) is 0 Å². The molecule has 0 bridgehead atoms. The Morgan fingerprint density at radius 1 is 1.53 bits per heavy atom. The lowest BCUT2D eigenvalue weighted by Gasteiger charge is -2.04. The summed E-state index contributed by atoms with van der Waals surface area (Å²) in [6.45, 7) is 2.10. The lowest BCUT2D eigenvalue weighted by molar-refractivity contribution is 0.576.